The number of esters is 1. The van der Waals surface area contributed by atoms with Gasteiger partial charge in [0.2, 0.25) is 0 Å². The highest BCUT2D eigenvalue weighted by atomic mass is 19.1. The highest BCUT2D eigenvalue weighted by Crippen LogP contribution is 2.39. The first-order valence-electron chi connectivity index (χ1n) is 3.52. The summed E-state index contributed by atoms with van der Waals surface area (Å²) < 4.78 is 16.5. The van der Waals surface area contributed by atoms with Crippen molar-refractivity contribution in [2.75, 3.05) is 13.3 Å². The van der Waals surface area contributed by atoms with Crippen LogP contribution in [0.3, 0.4) is 0 Å². The van der Waals surface area contributed by atoms with Gasteiger partial charge in [-0.15, -0.1) is 0 Å². The fraction of sp³-hybridized carbons (Fsp3) is 0.857. The molecule has 0 aliphatic heterocycles. The topological polar surface area (TPSA) is 26.3 Å². The molecule has 2 atom stereocenters. The average molecular weight is 146 g/mol. The quantitative estimate of drug-likeness (QED) is 0.558. The second kappa shape index (κ2) is 2.99. The van der Waals surface area contributed by atoms with Gasteiger partial charge in [-0.3, -0.25) is 9.18 Å². The second-order valence-corrected chi connectivity index (χ2v) is 2.51. The van der Waals surface area contributed by atoms with Gasteiger partial charge in [-0.25, -0.2) is 0 Å². The smallest absolute Gasteiger partial charge is 0.309 e. The number of carbonyl (C=O) groups is 1. The summed E-state index contributed by atoms with van der Waals surface area (Å²) in [4.78, 5) is 10.8. The Morgan fingerprint density at radius 2 is 2.50 bits per heavy atom. The molecule has 0 bridgehead atoms. The standard InChI is InChI=1S/C7H11FO2/c1-2-10-7(9)6-3-5(6)4-8/h5-6H,2-4H2,1H3/t5-,6-/m1/s1. The number of carbonyl (C=O) groups excluding carboxylic acids is 1. The van der Waals surface area contributed by atoms with Crippen molar-refractivity contribution in [1.29, 1.82) is 0 Å². The Kier molecular flexibility index (Phi) is 2.25. The molecule has 0 unspecified atom stereocenters. The predicted octanol–water partition coefficient (Wildman–Crippen LogP) is 1.16. The van der Waals surface area contributed by atoms with Crippen LogP contribution in [0, 0.1) is 11.8 Å². The molecule has 0 heterocycles. The Morgan fingerprint density at radius 1 is 1.80 bits per heavy atom. The van der Waals surface area contributed by atoms with E-state index >= 15 is 0 Å². The van der Waals surface area contributed by atoms with E-state index in [4.69, 9.17) is 4.74 Å². The molecule has 0 spiro atoms. The van der Waals surface area contributed by atoms with Gasteiger partial charge in [0, 0.05) is 5.92 Å². The van der Waals surface area contributed by atoms with Gasteiger partial charge in [0.1, 0.15) is 0 Å². The summed E-state index contributed by atoms with van der Waals surface area (Å²) in [6, 6.07) is 0. The monoisotopic (exact) mass is 146 g/mol. The van der Waals surface area contributed by atoms with Gasteiger partial charge in [0.25, 0.3) is 0 Å². The van der Waals surface area contributed by atoms with E-state index < -0.39 is 0 Å². The lowest BCUT2D eigenvalue weighted by atomic mass is 10.3. The van der Waals surface area contributed by atoms with E-state index in [-0.39, 0.29) is 24.5 Å². The van der Waals surface area contributed by atoms with Crippen molar-refractivity contribution >= 4 is 5.97 Å². The molecule has 0 radical (unpaired) electrons. The number of alkyl halides is 1. The van der Waals surface area contributed by atoms with Crippen molar-refractivity contribution in [3.05, 3.63) is 0 Å². The van der Waals surface area contributed by atoms with Crippen LogP contribution in [0.4, 0.5) is 4.39 Å². The van der Waals surface area contributed by atoms with E-state index in [2.05, 4.69) is 0 Å². The molecular formula is C7H11FO2. The van der Waals surface area contributed by atoms with Gasteiger partial charge in [0.15, 0.2) is 0 Å². The van der Waals surface area contributed by atoms with E-state index in [1.807, 2.05) is 0 Å². The zero-order chi connectivity index (χ0) is 7.56. The minimum Gasteiger partial charge on any atom is -0.466 e. The maximum Gasteiger partial charge on any atom is 0.309 e. The summed E-state index contributed by atoms with van der Waals surface area (Å²) >= 11 is 0. The van der Waals surface area contributed by atoms with Crippen LogP contribution in [-0.4, -0.2) is 19.3 Å². The number of ether oxygens (including phenoxy) is 1. The van der Waals surface area contributed by atoms with Crippen LogP contribution in [-0.2, 0) is 9.53 Å². The summed E-state index contributed by atoms with van der Waals surface area (Å²) in [5.74, 6) is -0.408. The Balaban J connectivity index is 2.19. The van der Waals surface area contributed by atoms with Crippen molar-refractivity contribution in [2.45, 2.75) is 13.3 Å². The van der Waals surface area contributed by atoms with Crippen LogP contribution in [0.5, 0.6) is 0 Å². The van der Waals surface area contributed by atoms with Crippen molar-refractivity contribution in [3.8, 4) is 0 Å². The molecule has 1 aliphatic carbocycles. The highest BCUT2D eigenvalue weighted by molar-refractivity contribution is 5.75. The Morgan fingerprint density at radius 3 is 2.90 bits per heavy atom. The van der Waals surface area contributed by atoms with Crippen LogP contribution in [0.2, 0.25) is 0 Å². The lowest BCUT2D eigenvalue weighted by Crippen LogP contribution is -2.07. The molecule has 58 valence electrons. The first-order chi connectivity index (χ1) is 4.79. The Labute approximate surface area is 59.4 Å². The maximum absolute atomic E-state index is 11.8. The second-order valence-electron chi connectivity index (χ2n) is 2.51. The molecule has 3 heteroatoms. The molecule has 0 aromatic carbocycles. The number of rotatable bonds is 3. The van der Waals surface area contributed by atoms with Gasteiger partial charge >= 0.3 is 5.97 Å². The zero-order valence-electron chi connectivity index (χ0n) is 5.97. The van der Waals surface area contributed by atoms with Gasteiger partial charge in [0.05, 0.1) is 19.2 Å². The van der Waals surface area contributed by atoms with E-state index in [9.17, 15) is 9.18 Å². The summed E-state index contributed by atoms with van der Waals surface area (Å²) in [7, 11) is 0. The Hall–Kier alpha value is -0.600. The molecule has 2 nitrogen and oxygen atoms in total. The van der Waals surface area contributed by atoms with E-state index in [0.717, 1.165) is 0 Å². The largest absolute Gasteiger partial charge is 0.466 e. The molecule has 10 heavy (non-hydrogen) atoms. The van der Waals surface area contributed by atoms with Crippen LogP contribution < -0.4 is 0 Å². The van der Waals surface area contributed by atoms with E-state index in [1.165, 1.54) is 0 Å². The number of hydrogen-bond acceptors (Lipinski definition) is 2. The molecule has 1 fully saturated rings. The summed E-state index contributed by atoms with van der Waals surface area (Å²) in [6.07, 6.45) is 0.676. The first-order valence-corrected chi connectivity index (χ1v) is 3.52. The molecule has 0 aromatic heterocycles. The van der Waals surface area contributed by atoms with Gasteiger partial charge in [-0.1, -0.05) is 0 Å². The van der Waals surface area contributed by atoms with E-state index in [1.54, 1.807) is 6.92 Å². The molecular weight excluding hydrogens is 135 g/mol. The minimum atomic E-state index is -0.385. The average Bonchev–Trinajstić information content (AvgIpc) is 2.66. The summed E-state index contributed by atoms with van der Waals surface area (Å²) in [6.45, 7) is 1.77. The van der Waals surface area contributed by atoms with Crippen LogP contribution in [0.1, 0.15) is 13.3 Å². The Bertz CT molecular complexity index is 136. The lowest BCUT2D eigenvalue weighted by molar-refractivity contribution is -0.145. The fourth-order valence-corrected chi connectivity index (χ4v) is 0.956. The third-order valence-corrected chi connectivity index (χ3v) is 1.71. The third-order valence-electron chi connectivity index (χ3n) is 1.71. The van der Waals surface area contributed by atoms with Crippen LogP contribution >= 0.6 is 0 Å². The van der Waals surface area contributed by atoms with Crippen molar-refractivity contribution in [1.82, 2.24) is 0 Å². The van der Waals surface area contributed by atoms with Crippen LogP contribution in [0.15, 0.2) is 0 Å². The van der Waals surface area contributed by atoms with Crippen molar-refractivity contribution < 1.29 is 13.9 Å². The summed E-state index contributed by atoms with van der Waals surface area (Å²) in [5, 5.41) is 0. The SMILES string of the molecule is CCOC(=O)[C@@H]1C[C@@H]1CF. The van der Waals surface area contributed by atoms with Gasteiger partial charge in [-0.2, -0.15) is 0 Å². The zero-order valence-corrected chi connectivity index (χ0v) is 5.97. The molecule has 0 amide bonds. The molecule has 0 aromatic rings. The highest BCUT2D eigenvalue weighted by Gasteiger charge is 2.43. The molecule has 0 saturated heterocycles. The van der Waals surface area contributed by atoms with Crippen LogP contribution in [0.25, 0.3) is 0 Å². The van der Waals surface area contributed by atoms with Gasteiger partial charge in [-0.05, 0) is 13.3 Å². The van der Waals surface area contributed by atoms with Crippen molar-refractivity contribution in [2.24, 2.45) is 11.8 Å². The van der Waals surface area contributed by atoms with E-state index in [0.29, 0.717) is 13.0 Å². The third kappa shape index (κ3) is 1.46. The molecule has 1 saturated carbocycles. The predicted molar refractivity (Wildman–Crippen MR) is 34.2 cm³/mol. The molecule has 1 rings (SSSR count). The van der Waals surface area contributed by atoms with Gasteiger partial charge < -0.3 is 4.74 Å². The molecule has 1 aliphatic rings. The number of hydrogen-bond donors (Lipinski definition) is 0. The normalized spacial score (nSPS) is 29.8. The number of halogens is 1. The molecule has 0 N–H and O–H groups in total. The van der Waals surface area contributed by atoms with Crippen molar-refractivity contribution in [3.63, 3.8) is 0 Å². The minimum absolute atomic E-state index is 0.0425. The summed E-state index contributed by atoms with van der Waals surface area (Å²) in [5.41, 5.74) is 0. The first kappa shape index (κ1) is 7.51. The lowest BCUT2D eigenvalue weighted by Gasteiger charge is -1.97. The maximum atomic E-state index is 11.8. The fourth-order valence-electron chi connectivity index (χ4n) is 0.956.